The molecule has 4 nitrogen and oxygen atoms in total. The fourth-order valence-electron chi connectivity index (χ4n) is 2.40. The van der Waals surface area contributed by atoms with E-state index in [1.165, 1.54) is 0 Å². The highest BCUT2D eigenvalue weighted by Crippen LogP contribution is 2.31. The molecule has 0 radical (unpaired) electrons. The van der Waals surface area contributed by atoms with E-state index in [0.717, 1.165) is 22.7 Å². The summed E-state index contributed by atoms with van der Waals surface area (Å²) < 4.78 is 11.0. The summed E-state index contributed by atoms with van der Waals surface area (Å²) in [4.78, 5) is 12.4. The van der Waals surface area contributed by atoms with Crippen LogP contribution in [0.4, 0.5) is 5.69 Å². The van der Waals surface area contributed by atoms with Crippen LogP contribution in [0.15, 0.2) is 48.5 Å². The number of hydrogen-bond donors (Lipinski definition) is 1. The van der Waals surface area contributed by atoms with Crippen LogP contribution < -0.4 is 14.8 Å². The Hall–Kier alpha value is -2.75. The van der Waals surface area contributed by atoms with Gasteiger partial charge in [-0.25, -0.2) is 0 Å². The highest BCUT2D eigenvalue weighted by atomic mass is 16.5. The molecule has 0 saturated heterocycles. The Balaban J connectivity index is 1.78. The Labute approximate surface area is 135 Å². The Bertz CT molecular complexity index is 761. The molecule has 1 N–H and O–H groups in total. The molecule has 2 aromatic carbocycles. The molecule has 1 heterocycles. The summed E-state index contributed by atoms with van der Waals surface area (Å²) in [6.07, 6.45) is 3.98. The van der Waals surface area contributed by atoms with Crippen molar-refractivity contribution in [3.8, 4) is 11.5 Å². The van der Waals surface area contributed by atoms with Crippen LogP contribution in [0.25, 0.3) is 6.08 Å². The number of ether oxygens (including phenoxy) is 2. The summed E-state index contributed by atoms with van der Waals surface area (Å²) in [6.45, 7) is 3.99. The zero-order valence-corrected chi connectivity index (χ0v) is 13.4. The fourth-order valence-corrected chi connectivity index (χ4v) is 2.40. The molecule has 3 rings (SSSR count). The molecular weight excluding hydrogens is 290 g/mol. The summed E-state index contributed by atoms with van der Waals surface area (Å²) in [5, 5.41) is 2.87. The van der Waals surface area contributed by atoms with E-state index in [9.17, 15) is 4.79 Å². The first-order valence-electron chi connectivity index (χ1n) is 7.44. The topological polar surface area (TPSA) is 47.6 Å². The van der Waals surface area contributed by atoms with E-state index in [2.05, 4.69) is 5.32 Å². The number of methoxy groups -OCH3 is 1. The molecular formula is C19H19NO3. The van der Waals surface area contributed by atoms with E-state index in [4.69, 9.17) is 9.47 Å². The van der Waals surface area contributed by atoms with Crippen molar-refractivity contribution in [2.24, 2.45) is 0 Å². The second kappa shape index (κ2) is 5.80. The van der Waals surface area contributed by atoms with Gasteiger partial charge in [0.25, 0.3) is 5.91 Å². The maximum Gasteiger partial charge on any atom is 0.255 e. The third kappa shape index (κ3) is 3.37. The molecule has 4 heteroatoms. The molecule has 0 unspecified atom stereocenters. The molecule has 0 fully saturated rings. The van der Waals surface area contributed by atoms with E-state index in [-0.39, 0.29) is 11.5 Å². The number of benzene rings is 2. The first kappa shape index (κ1) is 15.2. The third-order valence-corrected chi connectivity index (χ3v) is 3.66. The lowest BCUT2D eigenvalue weighted by molar-refractivity contribution is 0.102. The summed E-state index contributed by atoms with van der Waals surface area (Å²) in [6, 6.07) is 12.7. The van der Waals surface area contributed by atoms with Gasteiger partial charge in [-0.2, -0.15) is 0 Å². The van der Waals surface area contributed by atoms with E-state index in [1.807, 2.05) is 38.1 Å². The van der Waals surface area contributed by atoms with Crippen LogP contribution in [-0.2, 0) is 0 Å². The smallest absolute Gasteiger partial charge is 0.255 e. The molecule has 1 aliphatic heterocycles. The largest absolute Gasteiger partial charge is 0.497 e. The average molecular weight is 309 g/mol. The van der Waals surface area contributed by atoms with Gasteiger partial charge in [0.05, 0.1) is 7.11 Å². The van der Waals surface area contributed by atoms with Gasteiger partial charge in [-0.05, 0) is 62.4 Å². The van der Waals surface area contributed by atoms with Crippen LogP contribution in [0, 0.1) is 0 Å². The van der Waals surface area contributed by atoms with E-state index in [0.29, 0.717) is 5.56 Å². The van der Waals surface area contributed by atoms with E-state index < -0.39 is 0 Å². The number of nitrogens with one attached hydrogen (secondary N) is 1. The minimum Gasteiger partial charge on any atom is -0.497 e. The number of carbonyl (C=O) groups is 1. The molecule has 1 aliphatic rings. The van der Waals surface area contributed by atoms with Crippen molar-refractivity contribution in [2.75, 3.05) is 12.4 Å². The number of anilines is 1. The van der Waals surface area contributed by atoms with Gasteiger partial charge in [-0.1, -0.05) is 6.08 Å². The molecule has 0 spiro atoms. The van der Waals surface area contributed by atoms with Gasteiger partial charge in [0.2, 0.25) is 0 Å². The quantitative estimate of drug-likeness (QED) is 0.927. The maximum absolute atomic E-state index is 12.4. The number of hydrogen-bond acceptors (Lipinski definition) is 3. The number of rotatable bonds is 3. The monoisotopic (exact) mass is 309 g/mol. The van der Waals surface area contributed by atoms with Crippen molar-refractivity contribution in [2.45, 2.75) is 19.4 Å². The van der Waals surface area contributed by atoms with Crippen LogP contribution in [0.3, 0.4) is 0 Å². The van der Waals surface area contributed by atoms with E-state index in [1.54, 1.807) is 37.4 Å². The SMILES string of the molecule is COc1ccc(NC(=O)c2ccc3c(c2)C=CC(C)(C)O3)cc1. The van der Waals surface area contributed by atoms with Crippen LogP contribution in [0.1, 0.15) is 29.8 Å². The molecule has 2 aromatic rings. The van der Waals surface area contributed by atoms with Crippen LogP contribution >= 0.6 is 0 Å². The Morgan fingerprint density at radius 1 is 1.13 bits per heavy atom. The van der Waals surface area contributed by atoms with Crippen LogP contribution in [0.5, 0.6) is 11.5 Å². The van der Waals surface area contributed by atoms with E-state index >= 15 is 0 Å². The highest BCUT2D eigenvalue weighted by molar-refractivity contribution is 6.04. The van der Waals surface area contributed by atoms with Gasteiger partial charge in [0.15, 0.2) is 0 Å². The summed E-state index contributed by atoms with van der Waals surface area (Å²) in [7, 11) is 1.61. The van der Waals surface area contributed by atoms with Crippen LogP contribution in [0.2, 0.25) is 0 Å². The Kier molecular flexibility index (Phi) is 3.82. The molecule has 0 atom stereocenters. The lowest BCUT2D eigenvalue weighted by atomic mass is 10.0. The predicted molar refractivity (Wildman–Crippen MR) is 91.1 cm³/mol. The van der Waals surface area contributed by atoms with Gasteiger partial charge in [0.1, 0.15) is 17.1 Å². The summed E-state index contributed by atoms with van der Waals surface area (Å²) in [5.74, 6) is 1.39. The Morgan fingerprint density at radius 2 is 1.87 bits per heavy atom. The summed E-state index contributed by atoms with van der Waals surface area (Å²) >= 11 is 0. The number of amides is 1. The van der Waals surface area contributed by atoms with Crippen molar-refractivity contribution in [1.29, 1.82) is 0 Å². The zero-order chi connectivity index (χ0) is 16.4. The average Bonchev–Trinajstić information content (AvgIpc) is 2.54. The van der Waals surface area contributed by atoms with Gasteiger partial charge >= 0.3 is 0 Å². The van der Waals surface area contributed by atoms with Crippen molar-refractivity contribution in [1.82, 2.24) is 0 Å². The minimum absolute atomic E-state index is 0.156. The zero-order valence-electron chi connectivity index (χ0n) is 13.4. The molecule has 0 aliphatic carbocycles. The lowest BCUT2D eigenvalue weighted by Gasteiger charge is -2.27. The third-order valence-electron chi connectivity index (χ3n) is 3.66. The van der Waals surface area contributed by atoms with Crippen molar-refractivity contribution in [3.05, 3.63) is 59.7 Å². The molecule has 0 saturated carbocycles. The normalized spacial score (nSPS) is 14.6. The van der Waals surface area contributed by atoms with Crippen LogP contribution in [-0.4, -0.2) is 18.6 Å². The molecule has 23 heavy (non-hydrogen) atoms. The van der Waals surface area contributed by atoms with Crippen molar-refractivity contribution >= 4 is 17.7 Å². The number of carbonyl (C=O) groups excluding carboxylic acids is 1. The van der Waals surface area contributed by atoms with Crippen molar-refractivity contribution < 1.29 is 14.3 Å². The summed E-state index contributed by atoms with van der Waals surface area (Å²) in [5.41, 5.74) is 1.90. The second-order valence-corrected chi connectivity index (χ2v) is 5.97. The fraction of sp³-hybridized carbons (Fsp3) is 0.211. The molecule has 0 aromatic heterocycles. The van der Waals surface area contributed by atoms with Crippen molar-refractivity contribution in [3.63, 3.8) is 0 Å². The second-order valence-electron chi connectivity index (χ2n) is 5.97. The molecule has 1 amide bonds. The first-order chi connectivity index (χ1) is 11.0. The lowest BCUT2D eigenvalue weighted by Crippen LogP contribution is -2.27. The standard InChI is InChI=1S/C19H19NO3/c1-19(2)11-10-13-12-14(4-9-17(13)23-19)18(21)20-15-5-7-16(22-3)8-6-15/h4-12H,1-3H3,(H,20,21). The van der Waals surface area contributed by atoms with Gasteiger partial charge in [-0.3, -0.25) is 4.79 Å². The van der Waals surface area contributed by atoms with Gasteiger partial charge in [0, 0.05) is 16.8 Å². The van der Waals surface area contributed by atoms with Gasteiger partial charge < -0.3 is 14.8 Å². The number of fused-ring (bicyclic) bond motifs is 1. The van der Waals surface area contributed by atoms with Gasteiger partial charge in [-0.15, -0.1) is 0 Å². The highest BCUT2D eigenvalue weighted by Gasteiger charge is 2.22. The minimum atomic E-state index is -0.320. The molecule has 0 bridgehead atoms. The maximum atomic E-state index is 12.4. The first-order valence-corrected chi connectivity index (χ1v) is 7.44. The molecule has 118 valence electrons. The Morgan fingerprint density at radius 3 is 2.57 bits per heavy atom. The predicted octanol–water partition coefficient (Wildman–Crippen LogP) is 4.13.